The second-order valence-electron chi connectivity index (χ2n) is 8.94. The normalized spacial score (nSPS) is 14.4. The number of nitrogens with zero attached hydrogens (tertiary/aromatic N) is 1. The van der Waals surface area contributed by atoms with Gasteiger partial charge in [-0.3, -0.25) is 4.98 Å². The van der Waals surface area contributed by atoms with E-state index < -0.39 is 13.0 Å². The molecule has 0 amide bonds. The molecular weight excluding hydrogens is 461 g/mol. The molecule has 0 saturated heterocycles. The van der Waals surface area contributed by atoms with Gasteiger partial charge in [-0.25, -0.2) is 0 Å². The van der Waals surface area contributed by atoms with Crippen LogP contribution in [0.4, 0.5) is 0 Å². The van der Waals surface area contributed by atoms with Gasteiger partial charge in [0.15, 0.2) is 0 Å². The van der Waals surface area contributed by atoms with Crippen molar-refractivity contribution in [3.05, 3.63) is 114 Å². The number of fused-ring (bicyclic) bond motifs is 1. The maximum atomic E-state index is 6.25. The molecule has 5 rings (SSSR count). The van der Waals surface area contributed by atoms with Crippen molar-refractivity contribution in [1.82, 2.24) is 4.98 Å². The molecule has 4 aromatic rings. The molecule has 2 heterocycles. The molecule has 0 fully saturated rings. The summed E-state index contributed by atoms with van der Waals surface area (Å²) in [6, 6.07) is 32.8. The zero-order valence-corrected chi connectivity index (χ0v) is 21.4. The van der Waals surface area contributed by atoms with Crippen molar-refractivity contribution in [3.63, 3.8) is 0 Å². The third-order valence-electron chi connectivity index (χ3n) is 6.31. The fourth-order valence-electron chi connectivity index (χ4n) is 4.65. The Labute approximate surface area is 208 Å². The van der Waals surface area contributed by atoms with Gasteiger partial charge < -0.3 is 21.9 Å². The van der Waals surface area contributed by atoms with E-state index in [1.165, 1.54) is 21.5 Å². The number of hydrogen-bond acceptors (Lipinski definition) is 3. The lowest BCUT2D eigenvalue weighted by Crippen LogP contribution is -3.00. The third-order valence-corrected chi connectivity index (χ3v) is 10.7. The molecule has 1 aliphatic heterocycles. The van der Waals surface area contributed by atoms with Crippen LogP contribution in [0.15, 0.2) is 97.2 Å². The van der Waals surface area contributed by atoms with E-state index in [2.05, 4.69) is 91.0 Å². The molecule has 34 heavy (non-hydrogen) atoms. The van der Waals surface area contributed by atoms with Gasteiger partial charge in [0.25, 0.3) is 0 Å². The summed E-state index contributed by atoms with van der Waals surface area (Å²) in [6.45, 7) is 6.45. The first-order chi connectivity index (χ1) is 16.0. The fraction of sp³-hybridized carbons (Fsp3) is 0.207. The molecule has 5 heteroatoms. The summed E-state index contributed by atoms with van der Waals surface area (Å²) in [5, 5.41) is 4.07. The molecular formula is C29H29ClNO2P. The minimum atomic E-state index is -2.02. The van der Waals surface area contributed by atoms with E-state index in [1.54, 1.807) is 0 Å². The van der Waals surface area contributed by atoms with Crippen molar-refractivity contribution in [2.45, 2.75) is 39.3 Å². The van der Waals surface area contributed by atoms with E-state index in [4.69, 9.17) is 14.5 Å². The largest absolute Gasteiger partial charge is 1.00 e. The minimum absolute atomic E-state index is 0. The first-order valence-corrected chi connectivity index (χ1v) is 13.3. The molecule has 1 aromatic heterocycles. The van der Waals surface area contributed by atoms with Crippen LogP contribution in [0.2, 0.25) is 0 Å². The Morgan fingerprint density at radius 3 is 1.74 bits per heavy atom. The highest BCUT2D eigenvalue weighted by molar-refractivity contribution is 7.95. The second-order valence-corrected chi connectivity index (χ2v) is 12.4. The van der Waals surface area contributed by atoms with Gasteiger partial charge in [-0.05, 0) is 43.3 Å². The van der Waals surface area contributed by atoms with Crippen molar-refractivity contribution >= 4 is 23.2 Å². The standard InChI is InChI=1S/C29H29NO2P.ClH/c1-22-28-27(20-31-29(2,3)32-28)23(19-30-22)21-33(24-13-7-4-8-14-24,25-15-9-5-10-16-25)26-17-11-6-12-18-26;/h4-19H,20-21H2,1-3H3;1H/q+1;/p-1. The van der Waals surface area contributed by atoms with Crippen LogP contribution in [0.1, 0.15) is 30.7 Å². The number of benzene rings is 3. The first kappa shape index (κ1) is 24.4. The van der Waals surface area contributed by atoms with Crippen LogP contribution in [-0.4, -0.2) is 10.8 Å². The second kappa shape index (κ2) is 9.88. The number of ether oxygens (including phenoxy) is 2. The molecule has 0 atom stereocenters. The third kappa shape index (κ3) is 4.49. The summed E-state index contributed by atoms with van der Waals surface area (Å²) in [4.78, 5) is 4.76. The minimum Gasteiger partial charge on any atom is -1.00 e. The molecule has 0 N–H and O–H groups in total. The van der Waals surface area contributed by atoms with Gasteiger partial charge in [0.05, 0.1) is 12.3 Å². The van der Waals surface area contributed by atoms with E-state index in [-0.39, 0.29) is 12.4 Å². The van der Waals surface area contributed by atoms with Crippen LogP contribution in [0.25, 0.3) is 0 Å². The van der Waals surface area contributed by atoms with Crippen LogP contribution in [0.5, 0.6) is 5.75 Å². The molecule has 174 valence electrons. The average Bonchev–Trinajstić information content (AvgIpc) is 2.85. The quantitative estimate of drug-likeness (QED) is 0.404. The monoisotopic (exact) mass is 489 g/mol. The Balaban J connectivity index is 0.00000274. The van der Waals surface area contributed by atoms with E-state index in [0.29, 0.717) is 6.61 Å². The van der Waals surface area contributed by atoms with Gasteiger partial charge in [0.1, 0.15) is 35.1 Å². The predicted octanol–water partition coefficient (Wildman–Crippen LogP) is 2.53. The molecule has 3 nitrogen and oxygen atoms in total. The summed E-state index contributed by atoms with van der Waals surface area (Å²) in [5.74, 6) is 0.221. The summed E-state index contributed by atoms with van der Waals surface area (Å²) >= 11 is 0. The molecule has 0 bridgehead atoms. The number of halogens is 1. The highest BCUT2D eigenvalue weighted by Gasteiger charge is 2.46. The van der Waals surface area contributed by atoms with Gasteiger partial charge >= 0.3 is 0 Å². The fourth-order valence-corrected chi connectivity index (χ4v) is 8.92. The predicted molar refractivity (Wildman–Crippen MR) is 137 cm³/mol. The molecule has 0 saturated carbocycles. The van der Waals surface area contributed by atoms with Crippen LogP contribution in [0, 0.1) is 6.92 Å². The lowest BCUT2D eigenvalue weighted by atomic mass is 10.1. The van der Waals surface area contributed by atoms with Crippen molar-refractivity contribution in [3.8, 4) is 5.75 Å². The lowest BCUT2D eigenvalue weighted by Gasteiger charge is -2.35. The SMILES string of the molecule is Cc1ncc(C[P+](c2ccccc2)(c2ccccc2)c2ccccc2)c2c1OC(C)(C)OC2.[Cl-]. The molecule has 0 aliphatic carbocycles. The average molecular weight is 490 g/mol. The van der Waals surface area contributed by atoms with Gasteiger partial charge in [-0.1, -0.05) is 54.6 Å². The zero-order chi connectivity index (χ0) is 22.9. The maximum absolute atomic E-state index is 6.25. The summed E-state index contributed by atoms with van der Waals surface area (Å²) < 4.78 is 12.3. The summed E-state index contributed by atoms with van der Waals surface area (Å²) in [7, 11) is -2.02. The van der Waals surface area contributed by atoms with E-state index in [0.717, 1.165) is 23.2 Å². The van der Waals surface area contributed by atoms with Crippen LogP contribution >= 0.6 is 7.26 Å². The summed E-state index contributed by atoms with van der Waals surface area (Å²) in [6.07, 6.45) is 2.89. The zero-order valence-electron chi connectivity index (χ0n) is 19.7. The number of pyridine rings is 1. The van der Waals surface area contributed by atoms with Gasteiger partial charge in [0.2, 0.25) is 5.79 Å². The lowest BCUT2D eigenvalue weighted by molar-refractivity contribution is -0.180. The van der Waals surface area contributed by atoms with Crippen molar-refractivity contribution in [2.75, 3.05) is 0 Å². The molecule has 1 aliphatic rings. The molecule has 0 radical (unpaired) electrons. The topological polar surface area (TPSA) is 31.4 Å². The molecule has 0 spiro atoms. The maximum Gasteiger partial charge on any atom is 0.205 e. The number of hydrogen-bond donors (Lipinski definition) is 0. The Morgan fingerprint density at radius 2 is 1.26 bits per heavy atom. The molecule has 3 aromatic carbocycles. The Hall–Kier alpha value is -2.71. The van der Waals surface area contributed by atoms with Gasteiger partial charge in [0, 0.05) is 31.2 Å². The van der Waals surface area contributed by atoms with Crippen LogP contribution < -0.4 is 33.1 Å². The van der Waals surface area contributed by atoms with E-state index in [1.807, 2.05) is 27.0 Å². The number of aromatic nitrogens is 1. The van der Waals surface area contributed by atoms with Gasteiger partial charge in [-0.15, -0.1) is 0 Å². The van der Waals surface area contributed by atoms with Crippen LogP contribution in [0.3, 0.4) is 0 Å². The first-order valence-electron chi connectivity index (χ1n) is 11.3. The summed E-state index contributed by atoms with van der Waals surface area (Å²) in [5.41, 5.74) is 3.22. The van der Waals surface area contributed by atoms with E-state index in [9.17, 15) is 0 Å². The number of aryl methyl sites for hydroxylation is 1. The Morgan fingerprint density at radius 1 is 0.794 bits per heavy atom. The highest BCUT2D eigenvalue weighted by atomic mass is 35.5. The van der Waals surface area contributed by atoms with Gasteiger partial charge in [-0.2, -0.15) is 0 Å². The Bertz CT molecular complexity index is 1150. The van der Waals surface area contributed by atoms with E-state index >= 15 is 0 Å². The number of rotatable bonds is 5. The van der Waals surface area contributed by atoms with Crippen molar-refractivity contribution in [2.24, 2.45) is 0 Å². The Kier molecular flexibility index (Phi) is 7.09. The van der Waals surface area contributed by atoms with Crippen LogP contribution in [-0.2, 0) is 17.5 Å². The highest BCUT2D eigenvalue weighted by Crippen LogP contribution is 2.59. The smallest absolute Gasteiger partial charge is 0.205 e. The van der Waals surface area contributed by atoms with Crippen molar-refractivity contribution < 1.29 is 21.9 Å². The van der Waals surface area contributed by atoms with Crippen molar-refractivity contribution in [1.29, 1.82) is 0 Å². The molecule has 0 unspecified atom stereocenters.